The number of carbonyl (C=O) groups is 3. The second-order valence-corrected chi connectivity index (χ2v) is 10.6. The molecule has 2 saturated carbocycles. The van der Waals surface area contributed by atoms with Crippen LogP contribution in [0.3, 0.4) is 0 Å². The lowest BCUT2D eigenvalue weighted by Crippen LogP contribution is -2.61. The van der Waals surface area contributed by atoms with Gasteiger partial charge in [-0.25, -0.2) is 0 Å². The van der Waals surface area contributed by atoms with Gasteiger partial charge in [0.2, 0.25) is 11.8 Å². The number of benzene rings is 1. The number of fused-ring (bicyclic) bond motifs is 1. The van der Waals surface area contributed by atoms with E-state index in [2.05, 4.69) is 10.2 Å². The summed E-state index contributed by atoms with van der Waals surface area (Å²) in [7, 11) is 0. The Balaban J connectivity index is 1.09. The van der Waals surface area contributed by atoms with Gasteiger partial charge in [0.05, 0.1) is 6.10 Å². The van der Waals surface area contributed by atoms with Crippen molar-refractivity contribution in [2.45, 2.75) is 82.2 Å². The summed E-state index contributed by atoms with van der Waals surface area (Å²) in [5.41, 5.74) is 1.51. The van der Waals surface area contributed by atoms with Gasteiger partial charge in [-0.05, 0) is 68.2 Å². The van der Waals surface area contributed by atoms with Crippen LogP contribution in [-0.2, 0) is 20.9 Å². The van der Waals surface area contributed by atoms with Crippen molar-refractivity contribution in [1.29, 1.82) is 0 Å². The molecule has 3 aliphatic heterocycles. The highest BCUT2D eigenvalue weighted by Gasteiger charge is 2.41. The van der Waals surface area contributed by atoms with Crippen molar-refractivity contribution >= 4 is 17.7 Å². The lowest BCUT2D eigenvalue weighted by Gasteiger charge is -2.48. The first-order chi connectivity index (χ1) is 16.5. The maximum atomic E-state index is 12.9. The average molecular weight is 468 g/mol. The molecule has 34 heavy (non-hydrogen) atoms. The van der Waals surface area contributed by atoms with E-state index in [4.69, 9.17) is 9.47 Å². The average Bonchev–Trinajstić information content (AvgIpc) is 3.57. The molecule has 0 aromatic heterocycles. The number of likely N-dealkylation sites (tertiary alicyclic amines) is 1. The summed E-state index contributed by atoms with van der Waals surface area (Å²) in [6.45, 7) is 3.29. The van der Waals surface area contributed by atoms with Gasteiger partial charge >= 0.3 is 0 Å². The van der Waals surface area contributed by atoms with E-state index in [1.54, 1.807) is 4.90 Å². The van der Waals surface area contributed by atoms with Crippen molar-refractivity contribution in [1.82, 2.24) is 15.1 Å². The number of amides is 3. The molecule has 1 N–H and O–H groups in total. The van der Waals surface area contributed by atoms with Gasteiger partial charge in [-0.1, -0.05) is 6.42 Å². The summed E-state index contributed by atoms with van der Waals surface area (Å²) in [4.78, 5) is 40.8. The largest absolute Gasteiger partial charge is 0.489 e. The molecule has 3 heterocycles. The number of hydrogen-bond donors (Lipinski definition) is 1. The Bertz CT molecular complexity index is 987. The van der Waals surface area contributed by atoms with E-state index in [1.165, 1.54) is 25.7 Å². The van der Waals surface area contributed by atoms with E-state index in [0.717, 1.165) is 49.8 Å². The fourth-order valence-electron chi connectivity index (χ4n) is 5.83. The molecule has 1 aromatic carbocycles. The monoisotopic (exact) mass is 467 g/mol. The van der Waals surface area contributed by atoms with Crippen LogP contribution < -0.4 is 10.1 Å². The Morgan fingerprint density at radius 1 is 1.00 bits per heavy atom. The quantitative estimate of drug-likeness (QED) is 0.619. The maximum absolute atomic E-state index is 12.9. The standard InChI is InChI=1S/C26H33N3O5/c30-24-10-9-22(25(31)27-24)29-12-17-11-18(7-8-20(17)26(29)32)34-23-4-2-1-3-21(23)28-13-19(14-28)33-15-16-5-6-16/h7-8,11,16,19,21-23H,1-6,9-10,12-15H2,(H,27,30,31). The molecule has 0 spiro atoms. The molecule has 0 radical (unpaired) electrons. The Labute approximate surface area is 199 Å². The molecule has 4 fully saturated rings. The summed E-state index contributed by atoms with van der Waals surface area (Å²) in [5.74, 6) is 0.788. The van der Waals surface area contributed by atoms with Gasteiger partial charge in [-0.2, -0.15) is 0 Å². The summed E-state index contributed by atoms with van der Waals surface area (Å²) in [5, 5.41) is 2.35. The predicted octanol–water partition coefficient (Wildman–Crippen LogP) is 2.25. The van der Waals surface area contributed by atoms with E-state index < -0.39 is 6.04 Å². The third kappa shape index (κ3) is 4.33. The lowest BCUT2D eigenvalue weighted by molar-refractivity contribution is -0.136. The number of nitrogens with one attached hydrogen (secondary N) is 1. The number of imide groups is 1. The van der Waals surface area contributed by atoms with E-state index in [-0.39, 0.29) is 30.2 Å². The SMILES string of the molecule is O=C1CCC(N2Cc3cc(OC4CCCCC4N4CC(OCC5CC5)C4)ccc3C2=O)C(=O)N1. The van der Waals surface area contributed by atoms with Gasteiger partial charge in [-0.3, -0.25) is 24.6 Å². The van der Waals surface area contributed by atoms with Crippen LogP contribution in [0.1, 0.15) is 67.3 Å². The first-order valence-corrected chi connectivity index (χ1v) is 12.8. The highest BCUT2D eigenvalue weighted by atomic mass is 16.5. The Hall–Kier alpha value is -2.45. The number of hydrogen-bond acceptors (Lipinski definition) is 6. The molecule has 0 bridgehead atoms. The minimum atomic E-state index is -0.591. The Morgan fingerprint density at radius 3 is 2.62 bits per heavy atom. The van der Waals surface area contributed by atoms with Crippen LogP contribution in [0, 0.1) is 5.92 Å². The van der Waals surface area contributed by atoms with Crippen LogP contribution in [0.25, 0.3) is 0 Å². The fourth-order valence-corrected chi connectivity index (χ4v) is 5.83. The van der Waals surface area contributed by atoms with E-state index in [1.807, 2.05) is 18.2 Å². The Morgan fingerprint density at radius 2 is 1.82 bits per heavy atom. The molecule has 8 heteroatoms. The molecule has 3 unspecified atom stereocenters. The third-order valence-electron chi connectivity index (χ3n) is 8.06. The second kappa shape index (κ2) is 8.96. The number of nitrogens with zero attached hydrogens (tertiary/aromatic N) is 2. The van der Waals surface area contributed by atoms with Crippen molar-refractivity contribution in [3.63, 3.8) is 0 Å². The summed E-state index contributed by atoms with van der Waals surface area (Å²) >= 11 is 0. The highest BCUT2D eigenvalue weighted by Crippen LogP contribution is 2.35. The van der Waals surface area contributed by atoms with Crippen LogP contribution in [0.2, 0.25) is 0 Å². The van der Waals surface area contributed by atoms with Crippen molar-refractivity contribution in [3.05, 3.63) is 29.3 Å². The molecular weight excluding hydrogens is 434 g/mol. The molecule has 6 rings (SSSR count). The van der Waals surface area contributed by atoms with Gasteiger partial charge in [0.15, 0.2) is 0 Å². The normalized spacial score (nSPS) is 30.2. The number of rotatable bonds is 7. The first-order valence-electron chi connectivity index (χ1n) is 12.8. The highest BCUT2D eigenvalue weighted by molar-refractivity contribution is 6.05. The zero-order valence-electron chi connectivity index (χ0n) is 19.5. The van der Waals surface area contributed by atoms with E-state index in [0.29, 0.717) is 30.7 Å². The van der Waals surface area contributed by atoms with Gasteiger partial charge in [-0.15, -0.1) is 0 Å². The van der Waals surface area contributed by atoms with Crippen LogP contribution in [0.15, 0.2) is 18.2 Å². The van der Waals surface area contributed by atoms with Crippen LogP contribution in [0.4, 0.5) is 0 Å². The van der Waals surface area contributed by atoms with E-state index in [9.17, 15) is 14.4 Å². The molecule has 3 amide bonds. The maximum Gasteiger partial charge on any atom is 0.255 e. The lowest BCUT2D eigenvalue weighted by atomic mass is 9.89. The van der Waals surface area contributed by atoms with Crippen molar-refractivity contribution < 1.29 is 23.9 Å². The van der Waals surface area contributed by atoms with Gasteiger partial charge in [0, 0.05) is 44.3 Å². The first kappa shape index (κ1) is 22.0. The minimum absolute atomic E-state index is 0.138. The molecular formula is C26H33N3O5. The van der Waals surface area contributed by atoms with Crippen LogP contribution in [-0.4, -0.2) is 71.5 Å². The second-order valence-electron chi connectivity index (χ2n) is 10.6. The molecule has 182 valence electrons. The predicted molar refractivity (Wildman–Crippen MR) is 123 cm³/mol. The van der Waals surface area contributed by atoms with E-state index >= 15 is 0 Å². The topological polar surface area (TPSA) is 88.2 Å². The molecule has 1 aromatic rings. The fraction of sp³-hybridized carbons (Fsp3) is 0.654. The number of piperidine rings is 1. The summed E-state index contributed by atoms with van der Waals surface area (Å²) < 4.78 is 12.6. The third-order valence-corrected chi connectivity index (χ3v) is 8.06. The smallest absolute Gasteiger partial charge is 0.255 e. The Kier molecular flexibility index (Phi) is 5.81. The van der Waals surface area contributed by atoms with Gasteiger partial charge in [0.1, 0.15) is 17.9 Å². The molecule has 3 atom stereocenters. The number of ether oxygens (including phenoxy) is 2. The minimum Gasteiger partial charge on any atom is -0.489 e. The molecule has 5 aliphatic rings. The van der Waals surface area contributed by atoms with Gasteiger partial charge < -0.3 is 14.4 Å². The zero-order valence-corrected chi connectivity index (χ0v) is 19.5. The zero-order chi connectivity index (χ0) is 23.2. The van der Waals surface area contributed by atoms with Crippen molar-refractivity contribution in [2.75, 3.05) is 19.7 Å². The molecule has 2 saturated heterocycles. The van der Waals surface area contributed by atoms with Crippen LogP contribution >= 0.6 is 0 Å². The van der Waals surface area contributed by atoms with Crippen molar-refractivity contribution in [3.8, 4) is 5.75 Å². The van der Waals surface area contributed by atoms with Crippen LogP contribution in [0.5, 0.6) is 5.75 Å². The summed E-state index contributed by atoms with van der Waals surface area (Å²) in [6, 6.07) is 5.48. The van der Waals surface area contributed by atoms with Gasteiger partial charge in [0.25, 0.3) is 5.91 Å². The summed E-state index contributed by atoms with van der Waals surface area (Å²) in [6.07, 6.45) is 8.37. The van der Waals surface area contributed by atoms with Crippen molar-refractivity contribution in [2.24, 2.45) is 5.92 Å². The molecule has 8 nitrogen and oxygen atoms in total. The molecule has 2 aliphatic carbocycles. The number of carbonyl (C=O) groups excluding carboxylic acids is 3.